The quantitative estimate of drug-likeness (QED) is 0.335. The second-order valence-corrected chi connectivity index (χ2v) is 6.70. The van der Waals surface area contributed by atoms with Crippen LogP contribution in [0.5, 0.6) is 5.75 Å². The van der Waals surface area contributed by atoms with Crippen molar-refractivity contribution in [2.45, 2.75) is 0 Å². The van der Waals surface area contributed by atoms with E-state index in [0.29, 0.717) is 10.5 Å². The number of phosphoric acid groups is 1. The number of aromatic amines is 1. The van der Waals surface area contributed by atoms with Crippen LogP contribution in [-0.2, 0) is 4.57 Å². The van der Waals surface area contributed by atoms with Crippen molar-refractivity contribution < 1.29 is 78.0 Å². The Morgan fingerprint density at radius 1 is 1.04 bits per heavy atom. The first-order valence-corrected chi connectivity index (χ1v) is 8.66. The van der Waals surface area contributed by atoms with Gasteiger partial charge in [-0.3, -0.25) is 4.79 Å². The first kappa shape index (κ1) is 24.1. The molecule has 0 amide bonds. The van der Waals surface area contributed by atoms with Gasteiger partial charge in [0.05, 0.1) is 16.5 Å². The first-order chi connectivity index (χ1) is 11.2. The second-order valence-electron chi connectivity index (χ2n) is 4.75. The van der Waals surface area contributed by atoms with Gasteiger partial charge in [-0.15, -0.1) is 0 Å². The van der Waals surface area contributed by atoms with E-state index in [0.717, 1.165) is 0 Å². The number of nitrogens with one attached hydrogen (secondary N) is 1. The van der Waals surface area contributed by atoms with Gasteiger partial charge in [0.25, 0.3) is 5.56 Å². The first-order valence-electron chi connectivity index (χ1n) is 6.44. The number of H-pyrrole nitrogens is 1. The Bertz CT molecular complexity index is 1060. The monoisotopic (exact) mass is 430 g/mol. The molecule has 0 aliphatic carbocycles. The summed E-state index contributed by atoms with van der Waals surface area (Å²) in [7, 11) is -5.30. The third-order valence-electron chi connectivity index (χ3n) is 3.07. The van der Waals surface area contributed by atoms with E-state index in [2.05, 4.69) is 14.5 Å². The van der Waals surface area contributed by atoms with E-state index in [1.807, 2.05) is 0 Å². The number of halogens is 2. The maximum absolute atomic E-state index is 12.2. The fraction of sp³-hybridized carbons (Fsp3) is 0. The fourth-order valence-corrected chi connectivity index (χ4v) is 2.87. The van der Waals surface area contributed by atoms with E-state index < -0.39 is 13.4 Å². The zero-order chi connectivity index (χ0) is 17.5. The van der Waals surface area contributed by atoms with Gasteiger partial charge in [-0.05, 0) is 36.4 Å². The van der Waals surface area contributed by atoms with Crippen molar-refractivity contribution in [3.05, 3.63) is 56.8 Å². The fourth-order valence-electron chi connectivity index (χ4n) is 2.13. The van der Waals surface area contributed by atoms with Crippen molar-refractivity contribution in [3.63, 3.8) is 0 Å². The molecular formula is C14H7Cl2N2Na2O5P. The van der Waals surface area contributed by atoms with Crippen molar-refractivity contribution in [2.75, 3.05) is 0 Å². The Labute approximate surface area is 201 Å². The van der Waals surface area contributed by atoms with E-state index >= 15 is 0 Å². The van der Waals surface area contributed by atoms with E-state index in [1.54, 1.807) is 6.07 Å². The normalized spacial score (nSPS) is 10.8. The van der Waals surface area contributed by atoms with Crippen LogP contribution < -0.4 is 79.0 Å². The molecule has 124 valence electrons. The van der Waals surface area contributed by atoms with Gasteiger partial charge in [0, 0.05) is 10.0 Å². The molecule has 3 aromatic rings. The van der Waals surface area contributed by atoms with Gasteiger partial charge >= 0.3 is 59.1 Å². The number of hydrogen-bond acceptors (Lipinski definition) is 6. The van der Waals surface area contributed by atoms with Gasteiger partial charge in [-0.2, -0.15) is 0 Å². The molecule has 26 heavy (non-hydrogen) atoms. The van der Waals surface area contributed by atoms with Gasteiger partial charge in [0.15, 0.2) is 0 Å². The molecule has 0 fully saturated rings. The van der Waals surface area contributed by atoms with Gasteiger partial charge in [-0.25, -0.2) is 4.98 Å². The molecule has 1 aromatic heterocycles. The second kappa shape index (κ2) is 9.54. The van der Waals surface area contributed by atoms with Crippen LogP contribution in [0.25, 0.3) is 22.3 Å². The van der Waals surface area contributed by atoms with Gasteiger partial charge in [-0.1, -0.05) is 23.2 Å². The van der Waals surface area contributed by atoms with Crippen LogP contribution in [0.1, 0.15) is 0 Å². The maximum atomic E-state index is 12.2. The third-order valence-corrected chi connectivity index (χ3v) is 3.96. The van der Waals surface area contributed by atoms with E-state index in [4.69, 9.17) is 23.2 Å². The number of benzene rings is 2. The Morgan fingerprint density at radius 2 is 1.65 bits per heavy atom. The molecule has 2 aromatic carbocycles. The summed E-state index contributed by atoms with van der Waals surface area (Å²) in [5.41, 5.74) is -0.101. The van der Waals surface area contributed by atoms with Crippen LogP contribution in [0.2, 0.25) is 10.0 Å². The van der Waals surface area contributed by atoms with Crippen molar-refractivity contribution in [1.82, 2.24) is 9.97 Å². The van der Waals surface area contributed by atoms with Crippen molar-refractivity contribution >= 4 is 41.9 Å². The predicted octanol–water partition coefficient (Wildman–Crippen LogP) is -3.89. The van der Waals surface area contributed by atoms with Crippen LogP contribution in [-0.4, -0.2) is 9.97 Å². The Hall–Kier alpha value is 0.110. The minimum Gasteiger partial charge on any atom is -0.780 e. The Kier molecular flexibility index (Phi) is 8.86. The van der Waals surface area contributed by atoms with Crippen LogP contribution in [0.4, 0.5) is 0 Å². The molecule has 0 spiro atoms. The van der Waals surface area contributed by atoms with Gasteiger partial charge < -0.3 is 23.9 Å². The van der Waals surface area contributed by atoms with Crippen molar-refractivity contribution in [3.8, 4) is 17.1 Å². The molecule has 1 N–H and O–H groups in total. The zero-order valence-corrected chi connectivity index (χ0v) is 20.1. The van der Waals surface area contributed by atoms with Crippen molar-refractivity contribution in [1.29, 1.82) is 0 Å². The average molecular weight is 431 g/mol. The molecule has 0 bridgehead atoms. The maximum Gasteiger partial charge on any atom is 1.00 e. The molecule has 0 aliphatic heterocycles. The predicted molar refractivity (Wildman–Crippen MR) is 86.1 cm³/mol. The van der Waals surface area contributed by atoms with Crippen LogP contribution >= 0.6 is 31.0 Å². The minimum atomic E-state index is -5.30. The summed E-state index contributed by atoms with van der Waals surface area (Å²) < 4.78 is 15.3. The summed E-state index contributed by atoms with van der Waals surface area (Å²) in [6.07, 6.45) is 0. The Morgan fingerprint density at radius 3 is 2.31 bits per heavy atom. The number of aromatic nitrogens is 2. The number of phosphoric ester groups is 1. The van der Waals surface area contributed by atoms with Gasteiger partial charge in [0.2, 0.25) is 0 Å². The molecule has 12 heteroatoms. The molecule has 0 unspecified atom stereocenters. The molecule has 3 rings (SSSR count). The number of hydrogen-bond donors (Lipinski definition) is 1. The summed E-state index contributed by atoms with van der Waals surface area (Å²) in [5, 5.41) is 0.866. The minimum absolute atomic E-state index is 0. The van der Waals surface area contributed by atoms with Gasteiger partial charge in [0.1, 0.15) is 19.4 Å². The summed E-state index contributed by atoms with van der Waals surface area (Å²) in [5.74, 6) is -0.287. The summed E-state index contributed by atoms with van der Waals surface area (Å²) in [6, 6.07) is 8.41. The molecule has 0 atom stereocenters. The average Bonchev–Trinajstić information content (AvgIpc) is 2.48. The van der Waals surface area contributed by atoms with E-state index in [1.165, 1.54) is 30.3 Å². The molecule has 0 aliphatic rings. The number of nitrogens with zero attached hydrogens (tertiary/aromatic N) is 1. The van der Waals surface area contributed by atoms with Crippen molar-refractivity contribution in [2.24, 2.45) is 0 Å². The zero-order valence-electron chi connectivity index (χ0n) is 13.7. The van der Waals surface area contributed by atoms with Crippen LogP contribution in [0, 0.1) is 0 Å². The SMILES string of the molecule is O=c1[nH]c(-c2cc(Cl)ccc2OP(=O)([O-])[O-])nc2ccc(Cl)cc12.[Na+].[Na+]. The molecule has 0 saturated carbocycles. The smallest absolute Gasteiger partial charge is 0.780 e. The summed E-state index contributed by atoms with van der Waals surface area (Å²) >= 11 is 11.7. The third kappa shape index (κ3) is 5.80. The van der Waals surface area contributed by atoms with Crippen LogP contribution in [0.3, 0.4) is 0 Å². The summed E-state index contributed by atoms with van der Waals surface area (Å²) in [6.45, 7) is 0. The number of fused-ring (bicyclic) bond motifs is 1. The number of rotatable bonds is 3. The standard InChI is InChI=1S/C14H9Cl2N2O5P.2Na/c15-7-1-3-11-9(5-7)14(19)18-13(17-11)10-6-8(16)2-4-12(10)23-24(20,21)22;;/h1-6H,(H,17,18,19)(H2,20,21,22);;/q;2*+1/p-2. The van der Waals surface area contributed by atoms with E-state index in [-0.39, 0.29) is 86.7 Å². The molecule has 0 radical (unpaired) electrons. The summed E-state index contributed by atoms with van der Waals surface area (Å²) in [4.78, 5) is 40.7. The molecule has 0 saturated heterocycles. The Balaban J connectivity index is 0.00000169. The topological polar surface area (TPSA) is 118 Å². The van der Waals surface area contributed by atoms with Crippen LogP contribution in [0.15, 0.2) is 41.2 Å². The molecular weight excluding hydrogens is 424 g/mol. The largest absolute Gasteiger partial charge is 1.00 e. The molecule has 7 nitrogen and oxygen atoms in total. The van der Waals surface area contributed by atoms with E-state index in [9.17, 15) is 19.1 Å². The molecule has 1 heterocycles.